The SMILES string of the molecule is N=C(N)CC(=O)CCc1cccc(-c2cnc(NCCCCCO)nc2)c1. The van der Waals surface area contributed by atoms with E-state index in [-0.39, 0.29) is 24.6 Å². The molecule has 0 bridgehead atoms. The van der Waals surface area contributed by atoms with Gasteiger partial charge in [0, 0.05) is 37.5 Å². The number of carbonyl (C=O) groups excluding carboxylic acids is 1. The Hall–Kier alpha value is -2.80. The first-order chi connectivity index (χ1) is 13.1. The summed E-state index contributed by atoms with van der Waals surface area (Å²) in [5.74, 6) is 0.479. The van der Waals surface area contributed by atoms with Crippen molar-refractivity contribution in [1.82, 2.24) is 9.97 Å². The summed E-state index contributed by atoms with van der Waals surface area (Å²) in [4.78, 5) is 20.4. The van der Waals surface area contributed by atoms with Crippen molar-refractivity contribution in [3.05, 3.63) is 42.2 Å². The molecule has 0 aliphatic carbocycles. The molecule has 2 aromatic rings. The molecule has 5 N–H and O–H groups in total. The van der Waals surface area contributed by atoms with Crippen LogP contribution in [0, 0.1) is 5.41 Å². The predicted octanol–water partition coefficient (Wildman–Crippen LogP) is 2.55. The highest BCUT2D eigenvalue weighted by Gasteiger charge is 2.06. The fourth-order valence-corrected chi connectivity index (χ4v) is 2.67. The molecule has 0 saturated carbocycles. The Morgan fingerprint density at radius 3 is 2.63 bits per heavy atom. The number of nitrogens with two attached hydrogens (primary N) is 1. The Morgan fingerprint density at radius 2 is 1.93 bits per heavy atom. The number of carbonyl (C=O) groups is 1. The zero-order valence-electron chi connectivity index (χ0n) is 15.4. The largest absolute Gasteiger partial charge is 0.396 e. The number of rotatable bonds is 12. The summed E-state index contributed by atoms with van der Waals surface area (Å²) in [6.07, 6.45) is 7.33. The third kappa shape index (κ3) is 7.53. The Balaban J connectivity index is 1.90. The van der Waals surface area contributed by atoms with Crippen molar-refractivity contribution in [3.63, 3.8) is 0 Å². The number of ketones is 1. The second-order valence-electron chi connectivity index (χ2n) is 6.45. The molecule has 7 nitrogen and oxygen atoms in total. The molecule has 27 heavy (non-hydrogen) atoms. The van der Waals surface area contributed by atoms with Gasteiger partial charge in [-0.15, -0.1) is 0 Å². The van der Waals surface area contributed by atoms with Crippen LogP contribution in [0.2, 0.25) is 0 Å². The Bertz CT molecular complexity index is 746. The lowest BCUT2D eigenvalue weighted by molar-refractivity contribution is -0.117. The Kier molecular flexibility index (Phi) is 8.38. The molecule has 0 unspecified atom stereocenters. The van der Waals surface area contributed by atoms with Gasteiger partial charge in [-0.3, -0.25) is 10.2 Å². The number of Topliss-reactive ketones (excluding diaryl/α,β-unsaturated/α-hetero) is 1. The van der Waals surface area contributed by atoms with E-state index < -0.39 is 0 Å². The van der Waals surface area contributed by atoms with Crippen molar-refractivity contribution in [3.8, 4) is 11.1 Å². The lowest BCUT2D eigenvalue weighted by atomic mass is 10.0. The van der Waals surface area contributed by atoms with E-state index in [1.165, 1.54) is 0 Å². The van der Waals surface area contributed by atoms with Crippen LogP contribution in [0.5, 0.6) is 0 Å². The molecule has 0 radical (unpaired) electrons. The maximum absolute atomic E-state index is 11.7. The molecule has 0 atom stereocenters. The second-order valence-corrected chi connectivity index (χ2v) is 6.45. The van der Waals surface area contributed by atoms with Crippen LogP contribution in [0.3, 0.4) is 0 Å². The summed E-state index contributed by atoms with van der Waals surface area (Å²) in [5.41, 5.74) is 8.23. The summed E-state index contributed by atoms with van der Waals surface area (Å²) in [7, 11) is 0. The van der Waals surface area contributed by atoms with Gasteiger partial charge < -0.3 is 16.2 Å². The monoisotopic (exact) mass is 369 g/mol. The van der Waals surface area contributed by atoms with E-state index in [0.717, 1.165) is 42.5 Å². The van der Waals surface area contributed by atoms with E-state index in [2.05, 4.69) is 15.3 Å². The van der Waals surface area contributed by atoms with Gasteiger partial charge in [0.2, 0.25) is 5.95 Å². The number of aromatic nitrogens is 2. The molecular weight excluding hydrogens is 342 g/mol. The van der Waals surface area contributed by atoms with E-state index in [9.17, 15) is 4.79 Å². The van der Waals surface area contributed by atoms with E-state index in [0.29, 0.717) is 18.8 Å². The van der Waals surface area contributed by atoms with Gasteiger partial charge in [-0.2, -0.15) is 0 Å². The van der Waals surface area contributed by atoms with Gasteiger partial charge in [-0.05, 0) is 36.8 Å². The quantitative estimate of drug-likeness (QED) is 0.259. The molecule has 1 heterocycles. The molecule has 2 rings (SSSR count). The van der Waals surface area contributed by atoms with Crippen molar-refractivity contribution in [2.24, 2.45) is 5.73 Å². The molecule has 7 heteroatoms. The number of nitrogens with one attached hydrogen (secondary N) is 2. The van der Waals surface area contributed by atoms with Gasteiger partial charge in [0.1, 0.15) is 5.78 Å². The minimum atomic E-state index is -0.0898. The molecule has 1 aromatic heterocycles. The van der Waals surface area contributed by atoms with Gasteiger partial charge in [0.05, 0.1) is 12.3 Å². The first-order valence-corrected chi connectivity index (χ1v) is 9.19. The normalized spacial score (nSPS) is 10.6. The molecule has 0 fully saturated rings. The molecule has 0 amide bonds. The smallest absolute Gasteiger partial charge is 0.222 e. The maximum atomic E-state index is 11.7. The van der Waals surface area contributed by atoms with Crippen LogP contribution in [0.1, 0.15) is 37.7 Å². The highest BCUT2D eigenvalue weighted by Crippen LogP contribution is 2.20. The summed E-state index contributed by atoms with van der Waals surface area (Å²) >= 11 is 0. The number of unbranched alkanes of at least 4 members (excludes halogenated alkanes) is 2. The molecular formula is C20H27N5O2. The average molecular weight is 369 g/mol. The fourth-order valence-electron chi connectivity index (χ4n) is 2.67. The highest BCUT2D eigenvalue weighted by molar-refractivity contribution is 5.98. The van der Waals surface area contributed by atoms with Crippen molar-refractivity contribution in [2.45, 2.75) is 38.5 Å². The number of benzene rings is 1. The lowest BCUT2D eigenvalue weighted by Crippen LogP contribution is -2.15. The summed E-state index contributed by atoms with van der Waals surface area (Å²) < 4.78 is 0. The number of hydrogen-bond acceptors (Lipinski definition) is 6. The third-order valence-corrected chi connectivity index (χ3v) is 4.11. The first kappa shape index (κ1) is 20.5. The number of nitrogens with zero attached hydrogens (tertiary/aromatic N) is 2. The van der Waals surface area contributed by atoms with Gasteiger partial charge in [0.15, 0.2) is 0 Å². The van der Waals surface area contributed by atoms with Crippen LogP contribution in [0.25, 0.3) is 11.1 Å². The second kappa shape index (κ2) is 11.0. The summed E-state index contributed by atoms with van der Waals surface area (Å²) in [6, 6.07) is 7.95. The fraction of sp³-hybridized carbons (Fsp3) is 0.400. The molecule has 0 spiro atoms. The van der Waals surface area contributed by atoms with E-state index in [1.807, 2.05) is 24.3 Å². The van der Waals surface area contributed by atoms with E-state index >= 15 is 0 Å². The Labute approximate surface area is 159 Å². The number of amidine groups is 1. The minimum absolute atomic E-state index is 0.0159. The topological polar surface area (TPSA) is 125 Å². The number of aryl methyl sites for hydroxylation is 1. The standard InChI is InChI=1S/C20H27N5O2/c21-19(22)12-18(27)8-7-15-5-4-6-16(11-15)17-13-24-20(25-14-17)23-9-2-1-3-10-26/h4-6,11,13-14,26H,1-3,7-10,12H2,(H3,21,22)(H,23,24,25). The minimum Gasteiger partial charge on any atom is -0.396 e. The third-order valence-electron chi connectivity index (χ3n) is 4.11. The molecule has 1 aromatic carbocycles. The van der Waals surface area contributed by atoms with Crippen LogP contribution in [0.4, 0.5) is 5.95 Å². The van der Waals surface area contributed by atoms with Gasteiger partial charge in [-0.1, -0.05) is 24.3 Å². The highest BCUT2D eigenvalue weighted by atomic mass is 16.2. The lowest BCUT2D eigenvalue weighted by Gasteiger charge is -2.07. The number of hydrogen-bond donors (Lipinski definition) is 4. The van der Waals surface area contributed by atoms with Crippen LogP contribution in [-0.4, -0.2) is 39.8 Å². The molecule has 0 aliphatic heterocycles. The van der Waals surface area contributed by atoms with Crippen molar-refractivity contribution < 1.29 is 9.90 Å². The molecule has 144 valence electrons. The molecule has 0 saturated heterocycles. The number of anilines is 1. The van der Waals surface area contributed by atoms with Crippen LogP contribution < -0.4 is 11.1 Å². The van der Waals surface area contributed by atoms with Gasteiger partial charge in [0.25, 0.3) is 0 Å². The summed E-state index contributed by atoms with van der Waals surface area (Å²) in [6.45, 7) is 1.01. The van der Waals surface area contributed by atoms with Crippen LogP contribution in [-0.2, 0) is 11.2 Å². The number of aliphatic hydroxyl groups excluding tert-OH is 1. The first-order valence-electron chi connectivity index (χ1n) is 9.19. The van der Waals surface area contributed by atoms with Gasteiger partial charge in [-0.25, -0.2) is 9.97 Å². The van der Waals surface area contributed by atoms with Gasteiger partial charge >= 0.3 is 0 Å². The van der Waals surface area contributed by atoms with Crippen LogP contribution in [0.15, 0.2) is 36.7 Å². The predicted molar refractivity (Wildman–Crippen MR) is 107 cm³/mol. The molecule has 0 aliphatic rings. The van der Waals surface area contributed by atoms with Crippen molar-refractivity contribution in [1.29, 1.82) is 5.41 Å². The maximum Gasteiger partial charge on any atom is 0.222 e. The van der Waals surface area contributed by atoms with Crippen LogP contribution >= 0.6 is 0 Å². The zero-order valence-corrected chi connectivity index (χ0v) is 15.4. The van der Waals surface area contributed by atoms with Crippen molar-refractivity contribution >= 4 is 17.6 Å². The van der Waals surface area contributed by atoms with Crippen molar-refractivity contribution in [2.75, 3.05) is 18.5 Å². The number of aliphatic hydroxyl groups is 1. The van der Waals surface area contributed by atoms with E-state index in [1.54, 1.807) is 12.4 Å². The summed E-state index contributed by atoms with van der Waals surface area (Å²) in [5, 5.41) is 19.1. The van der Waals surface area contributed by atoms with E-state index in [4.69, 9.17) is 16.2 Å². The zero-order chi connectivity index (χ0) is 19.5. The Morgan fingerprint density at radius 1 is 1.15 bits per heavy atom. The average Bonchev–Trinajstić information content (AvgIpc) is 2.66.